The first-order valence-corrected chi connectivity index (χ1v) is 4.78. The smallest absolute Gasteiger partial charge is 0.0725 e. The molecule has 0 aliphatic rings. The Balaban J connectivity index is 2.75. The molecule has 0 radical (unpaired) electrons. The molecule has 1 aromatic carbocycles. The van der Waals surface area contributed by atoms with Crippen LogP contribution in [0.25, 0.3) is 0 Å². The fraction of sp³-hybridized carbons (Fsp3) is 0.500. The van der Waals surface area contributed by atoms with E-state index in [1.54, 1.807) is 0 Å². The van der Waals surface area contributed by atoms with Gasteiger partial charge in [-0.15, -0.1) is 0 Å². The Hall–Kier alpha value is -0.820. The Bertz CT molecular complexity index is 256. The first kappa shape index (κ1) is 10.3. The predicted molar refractivity (Wildman–Crippen MR) is 55.8 cm³/mol. The molecular weight excluding hydrogens is 160 g/mol. The Morgan fingerprint density at radius 1 is 1.15 bits per heavy atom. The molecule has 0 N–H and O–H groups in total. The van der Waals surface area contributed by atoms with Crippen molar-refractivity contribution in [1.82, 2.24) is 0 Å². The standard InChI is InChI=1S/C12H18O/c1-9(2)13-8-12-10(3)6-5-7-11(12)4/h5-7,9H,8H2,1-4H3. The van der Waals surface area contributed by atoms with Gasteiger partial charge in [0.05, 0.1) is 12.7 Å². The Labute approximate surface area is 80.7 Å². The lowest BCUT2D eigenvalue weighted by Crippen LogP contribution is -2.04. The predicted octanol–water partition coefficient (Wildman–Crippen LogP) is 3.23. The zero-order valence-corrected chi connectivity index (χ0v) is 8.92. The normalized spacial score (nSPS) is 10.8. The summed E-state index contributed by atoms with van der Waals surface area (Å²) in [6.07, 6.45) is 0.305. The van der Waals surface area contributed by atoms with E-state index in [9.17, 15) is 0 Å². The van der Waals surface area contributed by atoms with Crippen LogP contribution in [0.5, 0.6) is 0 Å². The van der Waals surface area contributed by atoms with Crippen LogP contribution in [0.4, 0.5) is 0 Å². The van der Waals surface area contributed by atoms with Crippen LogP contribution < -0.4 is 0 Å². The van der Waals surface area contributed by atoms with Gasteiger partial charge in [-0.25, -0.2) is 0 Å². The monoisotopic (exact) mass is 178 g/mol. The lowest BCUT2D eigenvalue weighted by Gasteiger charge is -2.12. The minimum absolute atomic E-state index is 0.305. The van der Waals surface area contributed by atoms with E-state index in [1.807, 2.05) is 0 Å². The van der Waals surface area contributed by atoms with Crippen LogP contribution in [0.15, 0.2) is 18.2 Å². The third-order valence-corrected chi connectivity index (χ3v) is 2.21. The summed E-state index contributed by atoms with van der Waals surface area (Å²) in [5, 5.41) is 0. The number of hydrogen-bond donors (Lipinski definition) is 0. The molecule has 0 fully saturated rings. The fourth-order valence-corrected chi connectivity index (χ4v) is 1.33. The van der Waals surface area contributed by atoms with Crippen molar-refractivity contribution in [3.05, 3.63) is 34.9 Å². The van der Waals surface area contributed by atoms with Crippen molar-refractivity contribution < 1.29 is 4.74 Å². The van der Waals surface area contributed by atoms with Gasteiger partial charge in [0, 0.05) is 0 Å². The Morgan fingerprint density at radius 2 is 1.69 bits per heavy atom. The van der Waals surface area contributed by atoms with E-state index in [2.05, 4.69) is 45.9 Å². The molecule has 0 amide bonds. The molecule has 0 aliphatic carbocycles. The van der Waals surface area contributed by atoms with Crippen LogP contribution in [0, 0.1) is 13.8 Å². The van der Waals surface area contributed by atoms with E-state index in [0.717, 1.165) is 6.61 Å². The van der Waals surface area contributed by atoms with Crippen LogP contribution in [0.2, 0.25) is 0 Å². The van der Waals surface area contributed by atoms with Crippen LogP contribution in [0.3, 0.4) is 0 Å². The number of ether oxygens (including phenoxy) is 1. The van der Waals surface area contributed by atoms with Gasteiger partial charge in [-0.1, -0.05) is 18.2 Å². The molecule has 72 valence electrons. The van der Waals surface area contributed by atoms with E-state index in [1.165, 1.54) is 16.7 Å². The van der Waals surface area contributed by atoms with Gasteiger partial charge in [0.15, 0.2) is 0 Å². The summed E-state index contributed by atoms with van der Waals surface area (Å²) in [4.78, 5) is 0. The lowest BCUT2D eigenvalue weighted by atomic mass is 10.0. The third kappa shape index (κ3) is 2.85. The summed E-state index contributed by atoms with van der Waals surface area (Å²) in [5.41, 5.74) is 3.97. The molecule has 0 saturated heterocycles. The van der Waals surface area contributed by atoms with E-state index in [-0.39, 0.29) is 0 Å². The molecule has 1 nitrogen and oxygen atoms in total. The average Bonchev–Trinajstić information content (AvgIpc) is 2.03. The molecule has 1 rings (SSSR count). The SMILES string of the molecule is Cc1cccc(C)c1COC(C)C. The number of hydrogen-bond acceptors (Lipinski definition) is 1. The summed E-state index contributed by atoms with van der Waals surface area (Å²) in [6.45, 7) is 9.12. The maximum atomic E-state index is 5.59. The first-order chi connectivity index (χ1) is 6.11. The van der Waals surface area contributed by atoms with E-state index in [4.69, 9.17) is 4.74 Å². The average molecular weight is 178 g/mol. The summed E-state index contributed by atoms with van der Waals surface area (Å²) < 4.78 is 5.59. The molecule has 0 aromatic heterocycles. The zero-order valence-electron chi connectivity index (χ0n) is 8.92. The van der Waals surface area contributed by atoms with E-state index < -0.39 is 0 Å². The largest absolute Gasteiger partial charge is 0.374 e. The highest BCUT2D eigenvalue weighted by atomic mass is 16.5. The van der Waals surface area contributed by atoms with Gasteiger partial charge in [-0.05, 0) is 44.4 Å². The molecule has 0 heterocycles. The van der Waals surface area contributed by atoms with Crippen molar-refractivity contribution >= 4 is 0 Å². The Kier molecular flexibility index (Phi) is 3.49. The van der Waals surface area contributed by atoms with Crippen molar-refractivity contribution in [3.8, 4) is 0 Å². The second kappa shape index (κ2) is 4.43. The number of rotatable bonds is 3. The third-order valence-electron chi connectivity index (χ3n) is 2.21. The maximum absolute atomic E-state index is 5.59. The van der Waals surface area contributed by atoms with Crippen molar-refractivity contribution in [3.63, 3.8) is 0 Å². The second-order valence-electron chi connectivity index (χ2n) is 3.73. The van der Waals surface area contributed by atoms with Gasteiger partial charge >= 0.3 is 0 Å². The zero-order chi connectivity index (χ0) is 9.84. The molecule has 1 heteroatoms. The topological polar surface area (TPSA) is 9.23 Å². The van der Waals surface area contributed by atoms with E-state index >= 15 is 0 Å². The summed E-state index contributed by atoms with van der Waals surface area (Å²) in [5.74, 6) is 0. The second-order valence-corrected chi connectivity index (χ2v) is 3.73. The van der Waals surface area contributed by atoms with Crippen molar-refractivity contribution in [1.29, 1.82) is 0 Å². The lowest BCUT2D eigenvalue weighted by molar-refractivity contribution is 0.0651. The number of aryl methyl sites for hydroxylation is 2. The quantitative estimate of drug-likeness (QED) is 0.690. The summed E-state index contributed by atoms with van der Waals surface area (Å²) >= 11 is 0. The molecule has 0 atom stereocenters. The molecule has 0 saturated carbocycles. The molecule has 0 spiro atoms. The van der Waals surface area contributed by atoms with Gasteiger partial charge < -0.3 is 4.74 Å². The first-order valence-electron chi connectivity index (χ1n) is 4.78. The molecule has 0 unspecified atom stereocenters. The molecule has 0 aliphatic heterocycles. The minimum atomic E-state index is 0.305. The highest BCUT2D eigenvalue weighted by molar-refractivity contribution is 5.32. The summed E-state index contributed by atoms with van der Waals surface area (Å²) in [6, 6.07) is 6.35. The molecule has 13 heavy (non-hydrogen) atoms. The van der Waals surface area contributed by atoms with Crippen LogP contribution in [0.1, 0.15) is 30.5 Å². The van der Waals surface area contributed by atoms with Gasteiger partial charge in [-0.2, -0.15) is 0 Å². The maximum Gasteiger partial charge on any atom is 0.0725 e. The van der Waals surface area contributed by atoms with Crippen LogP contribution >= 0.6 is 0 Å². The van der Waals surface area contributed by atoms with Crippen molar-refractivity contribution in [2.45, 2.75) is 40.4 Å². The van der Waals surface area contributed by atoms with Crippen molar-refractivity contribution in [2.24, 2.45) is 0 Å². The molecular formula is C12H18O. The van der Waals surface area contributed by atoms with Gasteiger partial charge in [-0.3, -0.25) is 0 Å². The van der Waals surface area contributed by atoms with Crippen molar-refractivity contribution in [2.75, 3.05) is 0 Å². The van der Waals surface area contributed by atoms with E-state index in [0.29, 0.717) is 6.10 Å². The minimum Gasteiger partial charge on any atom is -0.374 e. The van der Waals surface area contributed by atoms with Gasteiger partial charge in [0.2, 0.25) is 0 Å². The van der Waals surface area contributed by atoms with Gasteiger partial charge in [0.25, 0.3) is 0 Å². The molecule has 1 aromatic rings. The van der Waals surface area contributed by atoms with Crippen LogP contribution in [-0.2, 0) is 11.3 Å². The number of benzene rings is 1. The summed E-state index contributed by atoms with van der Waals surface area (Å²) in [7, 11) is 0. The van der Waals surface area contributed by atoms with Crippen LogP contribution in [-0.4, -0.2) is 6.10 Å². The Morgan fingerprint density at radius 3 is 2.15 bits per heavy atom. The van der Waals surface area contributed by atoms with Gasteiger partial charge in [0.1, 0.15) is 0 Å². The fourth-order valence-electron chi connectivity index (χ4n) is 1.33. The highest BCUT2D eigenvalue weighted by Crippen LogP contribution is 2.14. The molecule has 0 bridgehead atoms. The highest BCUT2D eigenvalue weighted by Gasteiger charge is 2.02.